The summed E-state index contributed by atoms with van der Waals surface area (Å²) < 4.78 is 5.67. The van der Waals surface area contributed by atoms with Crippen LogP contribution in [0.2, 0.25) is 5.02 Å². The van der Waals surface area contributed by atoms with Crippen LogP contribution in [0.25, 0.3) is 0 Å². The number of nitrogens with one attached hydrogen (secondary N) is 2. The Balaban J connectivity index is 1.72. The highest BCUT2D eigenvalue weighted by Crippen LogP contribution is 2.29. The van der Waals surface area contributed by atoms with Crippen molar-refractivity contribution in [1.82, 2.24) is 15.4 Å². The summed E-state index contributed by atoms with van der Waals surface area (Å²) in [6.07, 6.45) is 1.28. The Kier molecular flexibility index (Phi) is 5.19. The van der Waals surface area contributed by atoms with Gasteiger partial charge in [0.15, 0.2) is 5.82 Å². The molecule has 0 fully saturated rings. The average molecular weight is 370 g/mol. The first-order chi connectivity index (χ1) is 12.5. The SMILES string of the molecule is Cc1ccc(Oc2ncnc(NNC(=O)c3ccccc3Cl)c2N)cc1. The molecule has 0 unspecified atom stereocenters. The second-order valence-corrected chi connectivity index (χ2v) is 5.82. The van der Waals surface area contributed by atoms with Crippen molar-refractivity contribution in [3.63, 3.8) is 0 Å². The maximum atomic E-state index is 12.2. The number of aromatic nitrogens is 2. The van der Waals surface area contributed by atoms with E-state index in [9.17, 15) is 4.79 Å². The number of hydrazine groups is 1. The predicted octanol–water partition coefficient (Wildman–Crippen LogP) is 3.57. The molecule has 0 spiro atoms. The summed E-state index contributed by atoms with van der Waals surface area (Å²) in [6.45, 7) is 1.98. The molecule has 3 aromatic rings. The molecule has 0 aliphatic rings. The summed E-state index contributed by atoms with van der Waals surface area (Å²) >= 11 is 6.00. The van der Waals surface area contributed by atoms with Gasteiger partial charge in [-0.15, -0.1) is 0 Å². The molecular weight excluding hydrogens is 354 g/mol. The smallest absolute Gasteiger partial charge is 0.271 e. The van der Waals surface area contributed by atoms with E-state index in [0.29, 0.717) is 16.3 Å². The van der Waals surface area contributed by atoms with Crippen molar-refractivity contribution >= 4 is 29.0 Å². The molecule has 1 aromatic heterocycles. The van der Waals surface area contributed by atoms with Crippen molar-refractivity contribution in [1.29, 1.82) is 0 Å². The summed E-state index contributed by atoms with van der Waals surface area (Å²) in [5.74, 6) is 0.558. The fraction of sp³-hybridized carbons (Fsp3) is 0.0556. The van der Waals surface area contributed by atoms with E-state index in [4.69, 9.17) is 22.1 Å². The summed E-state index contributed by atoms with van der Waals surface area (Å²) in [6, 6.07) is 14.1. The van der Waals surface area contributed by atoms with Crippen LogP contribution in [0.15, 0.2) is 54.9 Å². The number of carbonyl (C=O) groups excluding carboxylic acids is 1. The highest BCUT2D eigenvalue weighted by atomic mass is 35.5. The van der Waals surface area contributed by atoms with Gasteiger partial charge in [0.1, 0.15) is 17.8 Å². The Bertz CT molecular complexity index is 931. The Hall–Kier alpha value is -3.32. The van der Waals surface area contributed by atoms with Gasteiger partial charge in [0.05, 0.1) is 10.6 Å². The van der Waals surface area contributed by atoms with E-state index in [1.807, 2.05) is 31.2 Å². The van der Waals surface area contributed by atoms with Crippen LogP contribution in [0.5, 0.6) is 11.6 Å². The molecule has 0 aliphatic carbocycles. The van der Waals surface area contributed by atoms with Crippen LogP contribution >= 0.6 is 11.6 Å². The van der Waals surface area contributed by atoms with E-state index >= 15 is 0 Å². The summed E-state index contributed by atoms with van der Waals surface area (Å²) in [5, 5.41) is 0.339. The number of nitrogen functional groups attached to an aromatic ring is 1. The van der Waals surface area contributed by atoms with Gasteiger partial charge in [0.2, 0.25) is 5.88 Å². The first-order valence-corrected chi connectivity index (χ1v) is 8.08. The predicted molar refractivity (Wildman–Crippen MR) is 100 cm³/mol. The van der Waals surface area contributed by atoms with Crippen LogP contribution in [0.1, 0.15) is 15.9 Å². The number of amides is 1. The second-order valence-electron chi connectivity index (χ2n) is 5.42. The van der Waals surface area contributed by atoms with Crippen LogP contribution in [0.4, 0.5) is 11.5 Å². The molecular formula is C18H16ClN5O2. The van der Waals surface area contributed by atoms with Gasteiger partial charge < -0.3 is 10.5 Å². The number of halogens is 1. The lowest BCUT2D eigenvalue weighted by Gasteiger charge is -2.13. The minimum Gasteiger partial charge on any atom is -0.437 e. The molecule has 0 saturated carbocycles. The van der Waals surface area contributed by atoms with Crippen LogP contribution in [0, 0.1) is 6.92 Å². The number of rotatable bonds is 5. The average Bonchev–Trinajstić information content (AvgIpc) is 2.64. The highest BCUT2D eigenvalue weighted by Gasteiger charge is 2.13. The number of nitrogens with zero attached hydrogens (tertiary/aromatic N) is 2. The summed E-state index contributed by atoms with van der Waals surface area (Å²) in [7, 11) is 0. The number of carbonyl (C=O) groups is 1. The van der Waals surface area contributed by atoms with Crippen molar-refractivity contribution in [3.8, 4) is 11.6 Å². The standard InChI is InChI=1S/C18H16ClN5O2/c1-11-6-8-12(9-7-11)26-18-15(20)16(21-10-22-18)23-24-17(25)13-4-2-3-5-14(13)19/h2-10H,20H2,1H3,(H,24,25)(H,21,22,23). The maximum absolute atomic E-state index is 12.2. The molecule has 1 heterocycles. The molecule has 4 N–H and O–H groups in total. The zero-order chi connectivity index (χ0) is 18.5. The number of hydrogen-bond acceptors (Lipinski definition) is 6. The largest absolute Gasteiger partial charge is 0.437 e. The molecule has 8 heteroatoms. The molecule has 2 aromatic carbocycles. The van der Waals surface area contributed by atoms with Crippen molar-refractivity contribution in [2.75, 3.05) is 11.2 Å². The third kappa shape index (κ3) is 4.01. The molecule has 1 amide bonds. The third-order valence-electron chi connectivity index (χ3n) is 3.50. The molecule has 26 heavy (non-hydrogen) atoms. The van der Waals surface area contributed by atoms with Crippen LogP contribution in [-0.4, -0.2) is 15.9 Å². The maximum Gasteiger partial charge on any atom is 0.271 e. The fourth-order valence-corrected chi connectivity index (χ4v) is 2.33. The van der Waals surface area contributed by atoms with Crippen molar-refractivity contribution in [2.45, 2.75) is 6.92 Å². The highest BCUT2D eigenvalue weighted by molar-refractivity contribution is 6.33. The monoisotopic (exact) mass is 369 g/mol. The van der Waals surface area contributed by atoms with Crippen LogP contribution in [0.3, 0.4) is 0 Å². The first kappa shape index (κ1) is 17.5. The van der Waals surface area contributed by atoms with Gasteiger partial charge in [0.25, 0.3) is 5.91 Å². The molecule has 7 nitrogen and oxygen atoms in total. The second kappa shape index (κ2) is 7.71. The van der Waals surface area contributed by atoms with E-state index < -0.39 is 5.91 Å². The van der Waals surface area contributed by atoms with Crippen molar-refractivity contribution in [2.24, 2.45) is 0 Å². The molecule has 3 rings (SSSR count). The minimum atomic E-state index is -0.422. The van der Waals surface area contributed by atoms with Gasteiger partial charge in [-0.25, -0.2) is 4.98 Å². The Morgan fingerprint density at radius 2 is 1.85 bits per heavy atom. The van der Waals surface area contributed by atoms with Crippen molar-refractivity contribution < 1.29 is 9.53 Å². The quantitative estimate of drug-likeness (QED) is 0.594. The van der Waals surface area contributed by atoms with E-state index in [1.165, 1.54) is 6.33 Å². The summed E-state index contributed by atoms with van der Waals surface area (Å²) in [4.78, 5) is 20.2. The Labute approximate surface area is 155 Å². The van der Waals surface area contributed by atoms with Crippen molar-refractivity contribution in [3.05, 3.63) is 71.0 Å². The number of benzene rings is 2. The van der Waals surface area contributed by atoms with Gasteiger partial charge in [-0.05, 0) is 31.2 Å². The van der Waals surface area contributed by atoms with Gasteiger partial charge in [0, 0.05) is 0 Å². The van der Waals surface area contributed by atoms with Crippen LogP contribution in [-0.2, 0) is 0 Å². The van der Waals surface area contributed by atoms with E-state index in [1.54, 1.807) is 24.3 Å². The number of anilines is 2. The molecule has 0 atom stereocenters. The zero-order valence-corrected chi connectivity index (χ0v) is 14.6. The molecule has 0 aliphatic heterocycles. The Morgan fingerprint density at radius 3 is 2.58 bits per heavy atom. The number of ether oxygens (including phenoxy) is 1. The first-order valence-electron chi connectivity index (χ1n) is 7.70. The van der Waals surface area contributed by atoms with Gasteiger partial charge in [-0.3, -0.25) is 15.6 Å². The van der Waals surface area contributed by atoms with Crippen LogP contribution < -0.4 is 21.3 Å². The molecule has 0 radical (unpaired) electrons. The van der Waals surface area contributed by atoms with Gasteiger partial charge in [-0.1, -0.05) is 41.4 Å². The van der Waals surface area contributed by atoms with E-state index in [2.05, 4.69) is 20.8 Å². The van der Waals surface area contributed by atoms with Gasteiger partial charge in [-0.2, -0.15) is 4.98 Å². The third-order valence-corrected chi connectivity index (χ3v) is 3.83. The minimum absolute atomic E-state index is 0.160. The Morgan fingerprint density at radius 1 is 1.12 bits per heavy atom. The molecule has 132 valence electrons. The van der Waals surface area contributed by atoms with E-state index in [0.717, 1.165) is 5.56 Å². The zero-order valence-electron chi connectivity index (χ0n) is 13.9. The molecule has 0 bridgehead atoms. The lowest BCUT2D eigenvalue weighted by atomic mass is 10.2. The van der Waals surface area contributed by atoms with Gasteiger partial charge >= 0.3 is 0 Å². The number of hydrogen-bond donors (Lipinski definition) is 3. The number of nitrogens with two attached hydrogens (primary N) is 1. The van der Waals surface area contributed by atoms with E-state index in [-0.39, 0.29) is 17.4 Å². The lowest BCUT2D eigenvalue weighted by Crippen LogP contribution is -2.30. The summed E-state index contributed by atoms with van der Waals surface area (Å²) in [5.41, 5.74) is 12.8. The molecule has 0 saturated heterocycles. The normalized spacial score (nSPS) is 10.2. The topological polar surface area (TPSA) is 102 Å². The lowest BCUT2D eigenvalue weighted by molar-refractivity contribution is 0.0962. The fourth-order valence-electron chi connectivity index (χ4n) is 2.11. The number of aryl methyl sites for hydroxylation is 1.